The first-order chi connectivity index (χ1) is 11.9. The van der Waals surface area contributed by atoms with Gasteiger partial charge in [0.05, 0.1) is 22.4 Å². The van der Waals surface area contributed by atoms with E-state index in [4.69, 9.17) is 0 Å². The predicted molar refractivity (Wildman–Crippen MR) is 103 cm³/mol. The molecule has 1 aromatic carbocycles. The van der Waals surface area contributed by atoms with Gasteiger partial charge in [-0.1, -0.05) is 53.7 Å². The van der Waals surface area contributed by atoms with Crippen LogP contribution in [0.15, 0.2) is 39.3 Å². The third-order valence-electron chi connectivity index (χ3n) is 3.66. The fourth-order valence-electron chi connectivity index (χ4n) is 2.45. The summed E-state index contributed by atoms with van der Waals surface area (Å²) in [6.07, 6.45) is 0.225. The minimum absolute atomic E-state index is 0.109. The van der Waals surface area contributed by atoms with Gasteiger partial charge in [0.15, 0.2) is 0 Å². The van der Waals surface area contributed by atoms with E-state index in [1.165, 1.54) is 11.8 Å². The van der Waals surface area contributed by atoms with Crippen molar-refractivity contribution in [1.29, 1.82) is 5.26 Å². The van der Waals surface area contributed by atoms with E-state index in [9.17, 15) is 14.9 Å². The highest BCUT2D eigenvalue weighted by Gasteiger charge is 2.29. The van der Waals surface area contributed by atoms with E-state index in [2.05, 4.69) is 32.6 Å². The van der Waals surface area contributed by atoms with E-state index in [0.29, 0.717) is 23.1 Å². The van der Waals surface area contributed by atoms with Crippen molar-refractivity contribution in [3.05, 3.63) is 44.9 Å². The number of hydrogen-bond donors (Lipinski definition) is 2. The molecule has 2 amide bonds. The summed E-state index contributed by atoms with van der Waals surface area (Å²) in [7, 11) is 0. The van der Waals surface area contributed by atoms with Gasteiger partial charge in [-0.3, -0.25) is 9.59 Å². The number of rotatable bonds is 6. The van der Waals surface area contributed by atoms with Gasteiger partial charge in [-0.05, 0) is 23.6 Å². The number of nitriles is 1. The zero-order valence-electron chi connectivity index (χ0n) is 14.1. The number of carbonyl (C=O) groups excluding carboxylic acids is 2. The van der Waals surface area contributed by atoms with Crippen LogP contribution in [0.3, 0.4) is 0 Å². The first-order valence-corrected chi connectivity index (χ1v) is 9.77. The molecule has 0 aliphatic carbocycles. The van der Waals surface area contributed by atoms with Crippen molar-refractivity contribution in [1.82, 2.24) is 10.6 Å². The summed E-state index contributed by atoms with van der Waals surface area (Å²) in [5.41, 5.74) is 1.41. The Kier molecular flexibility index (Phi) is 7.09. The lowest BCUT2D eigenvalue weighted by Gasteiger charge is -2.25. The van der Waals surface area contributed by atoms with Crippen molar-refractivity contribution >= 4 is 39.5 Å². The molecule has 0 bridgehead atoms. The largest absolute Gasteiger partial charge is 0.355 e. The Bertz CT molecular complexity index is 740. The number of carbonyl (C=O) groups is 2. The second kappa shape index (κ2) is 9.07. The average molecular weight is 422 g/mol. The Hall–Kier alpha value is -1.78. The SMILES string of the molecule is CC(C)CNC(=O)CSC1=C(C#N)[C@@H](c2cccc(Br)c2)CC(=O)N1. The molecule has 2 rings (SSSR count). The summed E-state index contributed by atoms with van der Waals surface area (Å²) in [6.45, 7) is 4.65. The number of amides is 2. The molecule has 0 fully saturated rings. The van der Waals surface area contributed by atoms with E-state index < -0.39 is 0 Å². The molecule has 0 spiro atoms. The molecule has 7 heteroatoms. The lowest BCUT2D eigenvalue weighted by Crippen LogP contribution is -2.33. The molecule has 5 nitrogen and oxygen atoms in total. The number of benzene rings is 1. The van der Waals surface area contributed by atoms with E-state index in [0.717, 1.165) is 10.0 Å². The van der Waals surface area contributed by atoms with Crippen molar-refractivity contribution in [3.63, 3.8) is 0 Å². The smallest absolute Gasteiger partial charge is 0.230 e. The van der Waals surface area contributed by atoms with Crippen LogP contribution < -0.4 is 10.6 Å². The van der Waals surface area contributed by atoms with Gasteiger partial charge in [-0.15, -0.1) is 0 Å². The molecular formula is C18H20BrN3O2S. The number of halogens is 1. The van der Waals surface area contributed by atoms with Crippen LogP contribution in [0.2, 0.25) is 0 Å². The lowest BCUT2D eigenvalue weighted by molar-refractivity contribution is -0.121. The first-order valence-electron chi connectivity index (χ1n) is 7.99. The molecule has 1 atom stereocenters. The van der Waals surface area contributed by atoms with Gasteiger partial charge < -0.3 is 10.6 Å². The summed E-state index contributed by atoms with van der Waals surface area (Å²) >= 11 is 4.62. The molecule has 0 unspecified atom stereocenters. The van der Waals surface area contributed by atoms with Crippen LogP contribution in [0.1, 0.15) is 31.7 Å². The summed E-state index contributed by atoms with van der Waals surface area (Å²) in [4.78, 5) is 24.0. The molecular weight excluding hydrogens is 402 g/mol. The molecule has 0 radical (unpaired) electrons. The predicted octanol–water partition coefficient (Wildman–Crippen LogP) is 3.29. The minimum Gasteiger partial charge on any atom is -0.355 e. The maximum Gasteiger partial charge on any atom is 0.230 e. The van der Waals surface area contributed by atoms with Gasteiger partial charge in [0, 0.05) is 23.4 Å². The summed E-state index contributed by atoms with van der Waals surface area (Å²) < 4.78 is 0.899. The summed E-state index contributed by atoms with van der Waals surface area (Å²) in [6, 6.07) is 9.82. The molecule has 1 aliphatic rings. The Morgan fingerprint density at radius 2 is 2.28 bits per heavy atom. The van der Waals surface area contributed by atoms with Crippen LogP contribution in [0, 0.1) is 17.2 Å². The van der Waals surface area contributed by atoms with Crippen molar-refractivity contribution in [2.45, 2.75) is 26.2 Å². The molecule has 1 heterocycles. The normalized spacial score (nSPS) is 17.2. The highest BCUT2D eigenvalue weighted by molar-refractivity contribution is 9.10. The zero-order chi connectivity index (χ0) is 18.4. The lowest BCUT2D eigenvalue weighted by atomic mass is 9.87. The minimum atomic E-state index is -0.294. The number of thioether (sulfide) groups is 1. The highest BCUT2D eigenvalue weighted by Crippen LogP contribution is 2.36. The maximum atomic E-state index is 12.1. The molecule has 1 aliphatic heterocycles. The van der Waals surface area contributed by atoms with Crippen LogP contribution in [0.4, 0.5) is 0 Å². The maximum absolute atomic E-state index is 12.1. The van der Waals surface area contributed by atoms with Gasteiger partial charge in [0.2, 0.25) is 11.8 Å². The Balaban J connectivity index is 2.17. The van der Waals surface area contributed by atoms with E-state index in [1.54, 1.807) is 0 Å². The summed E-state index contributed by atoms with van der Waals surface area (Å²) in [5, 5.41) is 15.7. The number of allylic oxidation sites excluding steroid dienone is 1. The van der Waals surface area contributed by atoms with Crippen LogP contribution >= 0.6 is 27.7 Å². The van der Waals surface area contributed by atoms with Crippen molar-refractivity contribution in [2.24, 2.45) is 5.92 Å². The molecule has 132 valence electrons. The molecule has 2 N–H and O–H groups in total. The van der Waals surface area contributed by atoms with Crippen LogP contribution in [-0.4, -0.2) is 24.1 Å². The molecule has 0 saturated carbocycles. The number of hydrogen-bond acceptors (Lipinski definition) is 4. The van der Waals surface area contributed by atoms with E-state index >= 15 is 0 Å². The third kappa shape index (κ3) is 5.62. The summed E-state index contributed by atoms with van der Waals surface area (Å²) in [5.74, 6) is -0.00870. The molecule has 25 heavy (non-hydrogen) atoms. The Morgan fingerprint density at radius 1 is 1.52 bits per heavy atom. The van der Waals surface area contributed by atoms with Crippen molar-refractivity contribution in [3.8, 4) is 6.07 Å². The fourth-order valence-corrected chi connectivity index (χ4v) is 3.77. The molecule has 0 saturated heterocycles. The fraction of sp³-hybridized carbons (Fsp3) is 0.389. The third-order valence-corrected chi connectivity index (χ3v) is 5.17. The second-order valence-corrected chi connectivity index (χ2v) is 8.10. The topological polar surface area (TPSA) is 82.0 Å². The Labute approximate surface area is 160 Å². The monoisotopic (exact) mass is 421 g/mol. The van der Waals surface area contributed by atoms with Crippen molar-refractivity contribution in [2.75, 3.05) is 12.3 Å². The van der Waals surface area contributed by atoms with Crippen LogP contribution in [0.25, 0.3) is 0 Å². The molecule has 1 aromatic rings. The van der Waals surface area contributed by atoms with Gasteiger partial charge in [0.25, 0.3) is 0 Å². The molecule has 0 aromatic heterocycles. The second-order valence-electron chi connectivity index (χ2n) is 6.20. The van der Waals surface area contributed by atoms with Crippen LogP contribution in [-0.2, 0) is 9.59 Å². The van der Waals surface area contributed by atoms with E-state index in [-0.39, 0.29) is 29.9 Å². The van der Waals surface area contributed by atoms with Crippen molar-refractivity contribution < 1.29 is 9.59 Å². The van der Waals surface area contributed by atoms with E-state index in [1.807, 2.05) is 38.1 Å². The van der Waals surface area contributed by atoms with Gasteiger partial charge in [-0.25, -0.2) is 0 Å². The van der Waals surface area contributed by atoms with Gasteiger partial charge in [0.1, 0.15) is 0 Å². The Morgan fingerprint density at radius 3 is 2.92 bits per heavy atom. The number of nitrogens with one attached hydrogen (secondary N) is 2. The average Bonchev–Trinajstić information content (AvgIpc) is 2.57. The highest BCUT2D eigenvalue weighted by atomic mass is 79.9. The zero-order valence-corrected chi connectivity index (χ0v) is 16.5. The van der Waals surface area contributed by atoms with Gasteiger partial charge in [-0.2, -0.15) is 5.26 Å². The standard InChI is InChI=1S/C18H20BrN3O2S/c1-11(2)9-21-17(24)10-25-18-15(8-20)14(7-16(23)22-18)12-4-3-5-13(19)6-12/h3-6,11,14H,7,9-10H2,1-2H3,(H,21,24)(H,22,23)/t14-/m1/s1. The first kappa shape index (κ1) is 19.5. The van der Waals surface area contributed by atoms with Gasteiger partial charge >= 0.3 is 0 Å². The van der Waals surface area contributed by atoms with Crippen LogP contribution in [0.5, 0.6) is 0 Å². The number of nitrogens with zero attached hydrogens (tertiary/aromatic N) is 1. The quantitative estimate of drug-likeness (QED) is 0.737.